The molecule has 11 heteroatoms. The molecule has 0 radical (unpaired) electrons. The number of carbonyl (C=O) groups excluding carboxylic acids is 4. The minimum absolute atomic E-state index is 0.0707. The number of para-hydroxylation sites is 1. The summed E-state index contributed by atoms with van der Waals surface area (Å²) in [7, 11) is 2.38. The lowest BCUT2D eigenvalue weighted by Crippen LogP contribution is -2.44. The Morgan fingerprint density at radius 2 is 1.66 bits per heavy atom. The molecular weight excluding hydrogens is 490 g/mol. The van der Waals surface area contributed by atoms with E-state index in [0.29, 0.717) is 24.2 Å². The van der Waals surface area contributed by atoms with Gasteiger partial charge in [0.05, 0.1) is 39.1 Å². The smallest absolute Gasteiger partial charge is 0.328 e. The number of Topliss-reactive ketones (excluding diaryl/α,β-unsaturated/α-hetero) is 1. The molecular formula is C27H27N5O6. The van der Waals surface area contributed by atoms with Crippen molar-refractivity contribution in [1.29, 1.82) is 0 Å². The van der Waals surface area contributed by atoms with Crippen molar-refractivity contribution in [2.45, 2.75) is 32.0 Å². The molecule has 2 heterocycles. The first-order chi connectivity index (χ1) is 18.4. The summed E-state index contributed by atoms with van der Waals surface area (Å²) in [4.78, 5) is 49.6. The molecule has 0 saturated heterocycles. The molecule has 2 aromatic heterocycles. The van der Waals surface area contributed by atoms with Gasteiger partial charge >= 0.3 is 11.9 Å². The maximum absolute atomic E-state index is 13.2. The molecule has 38 heavy (non-hydrogen) atoms. The van der Waals surface area contributed by atoms with Crippen LogP contribution in [0.4, 0.5) is 0 Å². The number of amides is 1. The maximum atomic E-state index is 13.2. The van der Waals surface area contributed by atoms with E-state index in [4.69, 9.17) is 4.74 Å². The predicted octanol–water partition coefficient (Wildman–Crippen LogP) is 2.12. The molecule has 0 aliphatic rings. The number of aromatic nitrogens is 4. The molecule has 196 valence electrons. The lowest BCUT2D eigenvalue weighted by Gasteiger charge is -2.15. The van der Waals surface area contributed by atoms with Gasteiger partial charge in [-0.15, -0.1) is 5.10 Å². The van der Waals surface area contributed by atoms with Gasteiger partial charge in [0.2, 0.25) is 0 Å². The second-order valence-corrected chi connectivity index (χ2v) is 8.57. The Morgan fingerprint density at radius 1 is 0.921 bits per heavy atom. The summed E-state index contributed by atoms with van der Waals surface area (Å²) in [6, 6.07) is 15.9. The molecule has 4 aromatic rings. The number of carbonyl (C=O) groups is 4. The summed E-state index contributed by atoms with van der Waals surface area (Å²) in [5.74, 6) is -3.12. The van der Waals surface area contributed by atoms with Crippen LogP contribution in [0.15, 0.2) is 67.0 Å². The van der Waals surface area contributed by atoms with Crippen LogP contribution in [0, 0.1) is 0 Å². The topological polar surface area (TPSA) is 134 Å². The van der Waals surface area contributed by atoms with Gasteiger partial charge in [-0.3, -0.25) is 14.4 Å². The monoisotopic (exact) mass is 517 g/mol. The van der Waals surface area contributed by atoms with Crippen molar-refractivity contribution in [3.05, 3.63) is 83.8 Å². The van der Waals surface area contributed by atoms with E-state index in [-0.39, 0.29) is 18.4 Å². The van der Waals surface area contributed by atoms with Gasteiger partial charge in [0.1, 0.15) is 11.7 Å². The lowest BCUT2D eigenvalue weighted by molar-refractivity contribution is -0.146. The Kier molecular flexibility index (Phi) is 8.27. The summed E-state index contributed by atoms with van der Waals surface area (Å²) < 4.78 is 12.8. The fraction of sp³-hybridized carbons (Fsp3) is 0.259. The van der Waals surface area contributed by atoms with E-state index in [1.165, 1.54) is 7.11 Å². The van der Waals surface area contributed by atoms with Gasteiger partial charge in [-0.1, -0.05) is 53.7 Å². The van der Waals surface area contributed by atoms with Gasteiger partial charge in [0.25, 0.3) is 11.7 Å². The zero-order chi connectivity index (χ0) is 27.1. The van der Waals surface area contributed by atoms with E-state index in [1.54, 1.807) is 23.0 Å². The Hall–Kier alpha value is -4.80. The van der Waals surface area contributed by atoms with E-state index >= 15 is 0 Å². The molecule has 4 rings (SSSR count). The van der Waals surface area contributed by atoms with Crippen molar-refractivity contribution in [1.82, 2.24) is 24.9 Å². The zero-order valence-corrected chi connectivity index (χ0v) is 21.0. The number of nitrogens with zero attached hydrogens (tertiary/aromatic N) is 4. The van der Waals surface area contributed by atoms with Crippen molar-refractivity contribution in [3.63, 3.8) is 0 Å². The summed E-state index contributed by atoms with van der Waals surface area (Å²) in [6.45, 7) is 0.898. The van der Waals surface area contributed by atoms with Crippen LogP contribution in [0.5, 0.6) is 0 Å². The molecule has 1 N–H and O–H groups in total. The number of hydrogen-bond acceptors (Lipinski definition) is 8. The van der Waals surface area contributed by atoms with Crippen molar-refractivity contribution in [3.8, 4) is 0 Å². The third-order valence-corrected chi connectivity index (χ3v) is 6.00. The van der Waals surface area contributed by atoms with Crippen LogP contribution in [0.25, 0.3) is 10.9 Å². The standard InChI is InChI=1S/C27H27N5O6/c1-37-24(33)13-12-22(27(36)38-2)28-26(35)25(34)21-17-31(23-11-7-6-10-20(21)23)15-19-16-32(30-29-19)14-18-8-4-3-5-9-18/h3-11,16-17,22H,12-15H2,1-2H3,(H,28,35)/t22-/m0/s1. The van der Waals surface area contributed by atoms with Crippen molar-refractivity contribution >= 4 is 34.5 Å². The van der Waals surface area contributed by atoms with Gasteiger partial charge in [0, 0.05) is 23.5 Å². The lowest BCUT2D eigenvalue weighted by atomic mass is 10.1. The Morgan fingerprint density at radius 3 is 2.39 bits per heavy atom. The third-order valence-electron chi connectivity index (χ3n) is 6.00. The second-order valence-electron chi connectivity index (χ2n) is 8.57. The van der Waals surface area contributed by atoms with Crippen LogP contribution < -0.4 is 5.32 Å². The number of benzene rings is 2. The average molecular weight is 518 g/mol. The predicted molar refractivity (Wildman–Crippen MR) is 136 cm³/mol. The van der Waals surface area contributed by atoms with Gasteiger partial charge in [-0.2, -0.15) is 0 Å². The van der Waals surface area contributed by atoms with Crippen LogP contribution >= 0.6 is 0 Å². The van der Waals surface area contributed by atoms with Gasteiger partial charge < -0.3 is 19.4 Å². The summed E-state index contributed by atoms with van der Waals surface area (Å²) in [5, 5.41) is 11.4. The van der Waals surface area contributed by atoms with Crippen molar-refractivity contribution in [2.75, 3.05) is 14.2 Å². The molecule has 2 aromatic carbocycles. The number of ether oxygens (including phenoxy) is 2. The minimum Gasteiger partial charge on any atom is -0.469 e. The third kappa shape index (κ3) is 6.12. The van der Waals surface area contributed by atoms with Crippen LogP contribution in [0.2, 0.25) is 0 Å². The van der Waals surface area contributed by atoms with Crippen LogP contribution in [-0.2, 0) is 36.9 Å². The number of esters is 2. The fourth-order valence-electron chi connectivity index (χ4n) is 4.09. The van der Waals surface area contributed by atoms with Crippen LogP contribution in [0.1, 0.15) is 34.5 Å². The van der Waals surface area contributed by atoms with Gasteiger partial charge in [-0.05, 0) is 18.1 Å². The zero-order valence-electron chi connectivity index (χ0n) is 21.0. The van der Waals surface area contributed by atoms with E-state index in [0.717, 1.165) is 18.2 Å². The Labute approximate surface area is 218 Å². The van der Waals surface area contributed by atoms with Crippen LogP contribution in [-0.4, -0.2) is 63.5 Å². The van der Waals surface area contributed by atoms with Gasteiger partial charge in [0.15, 0.2) is 0 Å². The maximum Gasteiger partial charge on any atom is 0.328 e. The number of methoxy groups -OCH3 is 2. The number of nitrogens with one attached hydrogen (secondary N) is 1. The summed E-state index contributed by atoms with van der Waals surface area (Å²) in [5.41, 5.74) is 2.67. The van der Waals surface area contributed by atoms with E-state index in [2.05, 4.69) is 20.4 Å². The highest BCUT2D eigenvalue weighted by Gasteiger charge is 2.28. The molecule has 1 amide bonds. The Bertz CT molecular complexity index is 1460. The fourth-order valence-corrected chi connectivity index (χ4v) is 4.09. The second kappa shape index (κ2) is 12.0. The van der Waals surface area contributed by atoms with E-state index in [1.807, 2.05) is 53.2 Å². The number of ketones is 1. The molecule has 0 spiro atoms. The molecule has 0 saturated carbocycles. The number of rotatable bonds is 11. The number of fused-ring (bicyclic) bond motifs is 1. The molecule has 0 aliphatic carbocycles. The van der Waals surface area contributed by atoms with E-state index in [9.17, 15) is 19.2 Å². The average Bonchev–Trinajstić information content (AvgIpc) is 3.54. The molecule has 1 atom stereocenters. The Balaban J connectivity index is 1.52. The highest BCUT2D eigenvalue weighted by molar-refractivity contribution is 6.45. The SMILES string of the molecule is COC(=O)CC[C@H](NC(=O)C(=O)c1cn(Cc2cn(Cc3ccccc3)nn2)c2ccccc12)C(=O)OC. The molecule has 11 nitrogen and oxygen atoms in total. The van der Waals surface area contributed by atoms with Crippen molar-refractivity contribution in [2.24, 2.45) is 0 Å². The first kappa shape index (κ1) is 26.3. The number of hydrogen-bond donors (Lipinski definition) is 1. The molecule has 0 aliphatic heterocycles. The quantitative estimate of drug-likeness (QED) is 0.182. The summed E-state index contributed by atoms with van der Waals surface area (Å²) in [6.07, 6.45) is 3.22. The van der Waals surface area contributed by atoms with E-state index < -0.39 is 29.7 Å². The molecule has 0 fully saturated rings. The first-order valence-corrected chi connectivity index (χ1v) is 11.9. The molecule has 0 unspecified atom stereocenters. The van der Waals surface area contributed by atoms with Gasteiger partial charge in [-0.25, -0.2) is 9.48 Å². The molecule has 0 bridgehead atoms. The normalized spacial score (nSPS) is 11.6. The first-order valence-electron chi connectivity index (χ1n) is 11.9. The van der Waals surface area contributed by atoms with Crippen LogP contribution in [0.3, 0.4) is 0 Å². The van der Waals surface area contributed by atoms with Crippen molar-refractivity contribution < 1.29 is 28.7 Å². The highest BCUT2D eigenvalue weighted by Crippen LogP contribution is 2.23. The minimum atomic E-state index is -1.18. The highest BCUT2D eigenvalue weighted by atomic mass is 16.5. The summed E-state index contributed by atoms with van der Waals surface area (Å²) >= 11 is 0. The largest absolute Gasteiger partial charge is 0.469 e.